The van der Waals surface area contributed by atoms with Gasteiger partial charge in [-0.25, -0.2) is 8.42 Å². The first-order valence-electron chi connectivity index (χ1n) is 13.2. The predicted octanol–water partition coefficient (Wildman–Crippen LogP) is 5.97. The normalized spacial score (nSPS) is 14.5. The van der Waals surface area contributed by atoms with Crippen molar-refractivity contribution in [1.82, 2.24) is 10.2 Å². The van der Waals surface area contributed by atoms with Gasteiger partial charge in [-0.3, -0.25) is 13.9 Å². The van der Waals surface area contributed by atoms with E-state index >= 15 is 0 Å². The van der Waals surface area contributed by atoms with E-state index in [-0.39, 0.29) is 23.4 Å². The van der Waals surface area contributed by atoms with Gasteiger partial charge in [-0.05, 0) is 80.8 Å². The Morgan fingerprint density at radius 2 is 1.45 bits per heavy atom. The van der Waals surface area contributed by atoms with Gasteiger partial charge in [0, 0.05) is 22.6 Å². The Bertz CT molecular complexity index is 1420. The maximum Gasteiger partial charge on any atom is 0.264 e. The summed E-state index contributed by atoms with van der Waals surface area (Å²) < 4.78 is 28.7. The number of anilines is 1. The molecule has 10 heteroatoms. The number of carbonyl (C=O) groups is 2. The van der Waals surface area contributed by atoms with Gasteiger partial charge in [0.15, 0.2) is 0 Å². The van der Waals surface area contributed by atoms with E-state index in [1.165, 1.54) is 29.2 Å². The second-order valence-corrected chi connectivity index (χ2v) is 12.9. The zero-order valence-electron chi connectivity index (χ0n) is 22.5. The van der Waals surface area contributed by atoms with Crippen molar-refractivity contribution in [3.8, 4) is 0 Å². The molecule has 1 aliphatic rings. The van der Waals surface area contributed by atoms with E-state index < -0.39 is 28.5 Å². The fourth-order valence-corrected chi connectivity index (χ4v) is 6.40. The molecule has 0 heterocycles. The van der Waals surface area contributed by atoms with Crippen LogP contribution in [-0.2, 0) is 26.2 Å². The van der Waals surface area contributed by atoms with E-state index in [4.69, 9.17) is 23.2 Å². The lowest BCUT2D eigenvalue weighted by Crippen LogP contribution is -2.52. The number of amides is 2. The molecule has 0 bridgehead atoms. The molecule has 1 saturated carbocycles. The molecule has 4 rings (SSSR count). The molecule has 0 saturated heterocycles. The number of hydrogen-bond acceptors (Lipinski definition) is 4. The number of hydrogen-bond donors (Lipinski definition) is 1. The van der Waals surface area contributed by atoms with E-state index in [1.54, 1.807) is 55.5 Å². The molecular weight excluding hydrogens is 569 g/mol. The van der Waals surface area contributed by atoms with Crippen LogP contribution in [0.2, 0.25) is 10.0 Å². The van der Waals surface area contributed by atoms with Crippen molar-refractivity contribution in [3.63, 3.8) is 0 Å². The van der Waals surface area contributed by atoms with Gasteiger partial charge >= 0.3 is 0 Å². The highest BCUT2D eigenvalue weighted by Crippen LogP contribution is 2.26. The van der Waals surface area contributed by atoms with Gasteiger partial charge < -0.3 is 10.2 Å². The van der Waals surface area contributed by atoms with Crippen molar-refractivity contribution < 1.29 is 18.0 Å². The van der Waals surface area contributed by atoms with Crippen molar-refractivity contribution in [1.29, 1.82) is 0 Å². The number of rotatable bonds is 10. The summed E-state index contributed by atoms with van der Waals surface area (Å²) in [5.41, 5.74) is 2.05. The second kappa shape index (κ2) is 13.1. The fourth-order valence-electron chi connectivity index (χ4n) is 4.73. The molecule has 3 aromatic carbocycles. The van der Waals surface area contributed by atoms with Crippen LogP contribution in [0.5, 0.6) is 0 Å². The van der Waals surface area contributed by atoms with Crippen LogP contribution in [0.15, 0.2) is 77.7 Å². The highest BCUT2D eigenvalue weighted by molar-refractivity contribution is 7.92. The van der Waals surface area contributed by atoms with Crippen LogP contribution in [0.4, 0.5) is 5.69 Å². The quantitative estimate of drug-likeness (QED) is 0.310. The zero-order chi connectivity index (χ0) is 28.9. The van der Waals surface area contributed by atoms with Crippen LogP contribution >= 0.6 is 23.2 Å². The maximum atomic E-state index is 14.0. The average Bonchev–Trinajstić information content (AvgIpc) is 3.44. The predicted molar refractivity (Wildman–Crippen MR) is 159 cm³/mol. The Kier molecular flexibility index (Phi) is 9.77. The summed E-state index contributed by atoms with van der Waals surface area (Å²) in [6.45, 7) is 3.17. The molecule has 0 unspecified atom stereocenters. The topological polar surface area (TPSA) is 86.8 Å². The molecule has 2 amide bonds. The first-order chi connectivity index (χ1) is 19.0. The van der Waals surface area contributed by atoms with Crippen molar-refractivity contribution in [2.45, 2.75) is 63.1 Å². The smallest absolute Gasteiger partial charge is 0.264 e. The summed E-state index contributed by atoms with van der Waals surface area (Å²) in [5, 5.41) is 4.01. The number of sulfonamides is 1. The van der Waals surface area contributed by atoms with Crippen LogP contribution in [-0.4, -0.2) is 43.8 Å². The molecule has 212 valence electrons. The third kappa shape index (κ3) is 7.36. The molecule has 0 aromatic heterocycles. The summed E-state index contributed by atoms with van der Waals surface area (Å²) in [6, 6.07) is 18.9. The highest BCUT2D eigenvalue weighted by Gasteiger charge is 2.33. The molecule has 0 radical (unpaired) electrons. The Morgan fingerprint density at radius 3 is 2.02 bits per heavy atom. The van der Waals surface area contributed by atoms with E-state index in [1.807, 2.05) is 6.92 Å². The molecule has 0 aliphatic heterocycles. The summed E-state index contributed by atoms with van der Waals surface area (Å²) in [6.07, 6.45) is 3.93. The van der Waals surface area contributed by atoms with Crippen LogP contribution in [0.1, 0.15) is 43.7 Å². The Hall–Kier alpha value is -3.07. The number of carbonyl (C=O) groups excluding carboxylic acids is 2. The molecule has 0 spiro atoms. The summed E-state index contributed by atoms with van der Waals surface area (Å²) in [7, 11) is -4.15. The SMILES string of the molecule is Cc1ccc(N(CC(=O)N(Cc2ccc(Cl)cc2)[C@@H](C)C(=O)NC2CCCC2)S(=O)(=O)c2ccc(Cl)cc2)cc1. The monoisotopic (exact) mass is 601 g/mol. The number of benzene rings is 3. The molecule has 3 aromatic rings. The van der Waals surface area contributed by atoms with E-state index in [0.717, 1.165) is 41.1 Å². The lowest BCUT2D eigenvalue weighted by atomic mass is 10.1. The highest BCUT2D eigenvalue weighted by atomic mass is 35.5. The Balaban J connectivity index is 1.67. The number of nitrogens with zero attached hydrogens (tertiary/aromatic N) is 2. The summed E-state index contributed by atoms with van der Waals surface area (Å²) in [4.78, 5) is 28.7. The molecule has 7 nitrogen and oxygen atoms in total. The number of halogens is 2. The van der Waals surface area contributed by atoms with E-state index in [0.29, 0.717) is 15.7 Å². The molecule has 1 aliphatic carbocycles. The van der Waals surface area contributed by atoms with E-state index in [9.17, 15) is 18.0 Å². The maximum absolute atomic E-state index is 14.0. The minimum atomic E-state index is -4.15. The van der Waals surface area contributed by atoms with Gasteiger partial charge in [0.2, 0.25) is 11.8 Å². The third-order valence-corrected chi connectivity index (χ3v) is 9.43. The largest absolute Gasteiger partial charge is 0.352 e. The molecule has 1 fully saturated rings. The Labute approximate surface area is 246 Å². The van der Waals surface area contributed by atoms with Crippen molar-refractivity contribution in [3.05, 3.63) is 94.0 Å². The fraction of sp³-hybridized carbons (Fsp3) is 0.333. The second-order valence-electron chi connectivity index (χ2n) is 10.1. The van der Waals surface area contributed by atoms with Crippen molar-refractivity contribution >= 4 is 50.7 Å². The van der Waals surface area contributed by atoms with Gasteiger partial charge in [0.05, 0.1) is 10.6 Å². The molecular formula is C30H33Cl2N3O4S. The Morgan fingerprint density at radius 1 is 0.900 bits per heavy atom. The number of aryl methyl sites for hydroxylation is 1. The van der Waals surface area contributed by atoms with E-state index in [2.05, 4.69) is 5.32 Å². The molecule has 1 atom stereocenters. The lowest BCUT2D eigenvalue weighted by Gasteiger charge is -2.32. The zero-order valence-corrected chi connectivity index (χ0v) is 24.8. The van der Waals surface area contributed by atoms with Crippen molar-refractivity contribution in [2.24, 2.45) is 0 Å². The van der Waals surface area contributed by atoms with Crippen LogP contribution < -0.4 is 9.62 Å². The number of nitrogens with one attached hydrogen (secondary N) is 1. The summed E-state index contributed by atoms with van der Waals surface area (Å²) >= 11 is 12.1. The minimum absolute atomic E-state index is 0.00144. The molecule has 1 N–H and O–H groups in total. The lowest BCUT2D eigenvalue weighted by molar-refractivity contribution is -0.139. The van der Waals surface area contributed by atoms with Crippen LogP contribution in [0.3, 0.4) is 0 Å². The summed E-state index contributed by atoms with van der Waals surface area (Å²) in [5.74, 6) is -0.779. The minimum Gasteiger partial charge on any atom is -0.352 e. The van der Waals surface area contributed by atoms with Crippen LogP contribution in [0, 0.1) is 6.92 Å². The van der Waals surface area contributed by atoms with Gasteiger partial charge in [-0.2, -0.15) is 0 Å². The van der Waals surface area contributed by atoms with Crippen molar-refractivity contribution in [2.75, 3.05) is 10.8 Å². The van der Waals surface area contributed by atoms with Crippen LogP contribution in [0.25, 0.3) is 0 Å². The van der Waals surface area contributed by atoms with Gasteiger partial charge in [0.25, 0.3) is 10.0 Å². The average molecular weight is 603 g/mol. The first kappa shape index (κ1) is 29.9. The third-order valence-electron chi connectivity index (χ3n) is 7.14. The molecule has 40 heavy (non-hydrogen) atoms. The first-order valence-corrected chi connectivity index (χ1v) is 15.4. The van der Waals surface area contributed by atoms with Gasteiger partial charge in [-0.1, -0.05) is 65.9 Å². The van der Waals surface area contributed by atoms with Gasteiger partial charge in [-0.15, -0.1) is 0 Å². The van der Waals surface area contributed by atoms with Gasteiger partial charge in [0.1, 0.15) is 12.6 Å². The standard InChI is InChI=1S/C30H33Cl2N3O4S/c1-21-7-15-27(16-8-21)35(40(38,39)28-17-13-25(32)14-18-28)20-29(36)34(19-23-9-11-24(31)12-10-23)22(2)30(37)33-26-5-3-4-6-26/h7-18,22,26H,3-6,19-20H2,1-2H3,(H,33,37)/t22-/m0/s1.